The molecule has 0 atom stereocenters. The molecule has 0 saturated carbocycles. The Morgan fingerprint density at radius 2 is 0.636 bits per heavy atom. The van der Waals surface area contributed by atoms with Gasteiger partial charge < -0.3 is 4.42 Å². The molecule has 0 bridgehead atoms. The number of hydrogen-bond acceptors (Lipinski definition) is 4. The summed E-state index contributed by atoms with van der Waals surface area (Å²) in [6, 6.07) is 69.5. The van der Waals surface area contributed by atoms with E-state index < -0.39 is 0 Å². The fourth-order valence-corrected chi connectivity index (χ4v) is 7.30. The van der Waals surface area contributed by atoms with Gasteiger partial charge in [0.25, 0.3) is 0 Å². The van der Waals surface area contributed by atoms with Crippen molar-refractivity contribution >= 4 is 21.9 Å². The molecule has 0 fully saturated rings. The van der Waals surface area contributed by atoms with E-state index in [1.54, 1.807) is 0 Å². The van der Waals surface area contributed by atoms with E-state index in [1.165, 1.54) is 5.56 Å². The largest absolute Gasteiger partial charge is 0.456 e. The zero-order valence-corrected chi connectivity index (χ0v) is 29.8. The van der Waals surface area contributed by atoms with Crippen LogP contribution in [0.1, 0.15) is 0 Å². The Hall–Kier alpha value is -7.43. The maximum Gasteiger partial charge on any atom is 0.164 e. The van der Waals surface area contributed by atoms with Crippen LogP contribution in [0.25, 0.3) is 101 Å². The van der Waals surface area contributed by atoms with Gasteiger partial charge in [0.1, 0.15) is 11.2 Å². The number of fused-ring (bicyclic) bond motifs is 3. The Labute approximate surface area is 319 Å². The average molecular weight is 704 g/mol. The van der Waals surface area contributed by atoms with Gasteiger partial charge in [-0.15, -0.1) is 0 Å². The Balaban J connectivity index is 1.15. The molecule has 0 radical (unpaired) electrons. The molecular formula is C51H33N3O. The van der Waals surface area contributed by atoms with Crippen LogP contribution in [0.2, 0.25) is 0 Å². The SMILES string of the molecule is c1ccc(-c2ccc(-c3nc(-c4cc(-c5ccccc5)cc(-c5cccc(-c6ccccc6)c5)c4)nc(-c4ccc5c(c4)oc4ccccc45)n3)cc2)cc1. The molecule has 0 aliphatic carbocycles. The van der Waals surface area contributed by atoms with Gasteiger partial charge in [-0.2, -0.15) is 0 Å². The lowest BCUT2D eigenvalue weighted by Crippen LogP contribution is -2.00. The lowest BCUT2D eigenvalue weighted by atomic mass is 9.94. The summed E-state index contributed by atoms with van der Waals surface area (Å²) in [7, 11) is 0. The van der Waals surface area contributed by atoms with E-state index >= 15 is 0 Å². The van der Waals surface area contributed by atoms with Crippen molar-refractivity contribution in [1.82, 2.24) is 15.0 Å². The molecule has 0 unspecified atom stereocenters. The maximum absolute atomic E-state index is 6.30. The van der Waals surface area contributed by atoms with Gasteiger partial charge in [0.05, 0.1) is 0 Å². The van der Waals surface area contributed by atoms with E-state index in [1.807, 2.05) is 42.5 Å². The van der Waals surface area contributed by atoms with E-state index in [4.69, 9.17) is 19.4 Å². The summed E-state index contributed by atoms with van der Waals surface area (Å²) in [6.07, 6.45) is 0. The summed E-state index contributed by atoms with van der Waals surface area (Å²) in [5, 5.41) is 2.14. The monoisotopic (exact) mass is 703 g/mol. The second-order valence-corrected chi connectivity index (χ2v) is 13.7. The van der Waals surface area contributed by atoms with E-state index in [-0.39, 0.29) is 0 Å². The molecule has 0 saturated heterocycles. The van der Waals surface area contributed by atoms with Crippen LogP contribution in [-0.2, 0) is 0 Å². The van der Waals surface area contributed by atoms with Crippen LogP contribution in [0.5, 0.6) is 0 Å². The highest BCUT2D eigenvalue weighted by Gasteiger charge is 2.17. The fraction of sp³-hybridized carbons (Fsp3) is 0. The van der Waals surface area contributed by atoms with Crippen molar-refractivity contribution < 1.29 is 4.42 Å². The zero-order valence-electron chi connectivity index (χ0n) is 29.8. The van der Waals surface area contributed by atoms with E-state index in [0.717, 1.165) is 77.6 Å². The molecule has 2 heterocycles. The minimum Gasteiger partial charge on any atom is -0.456 e. The third-order valence-electron chi connectivity index (χ3n) is 10.1. The van der Waals surface area contributed by atoms with Crippen LogP contribution in [0.4, 0.5) is 0 Å². The van der Waals surface area contributed by atoms with Gasteiger partial charge >= 0.3 is 0 Å². The van der Waals surface area contributed by atoms with Crippen LogP contribution >= 0.6 is 0 Å². The second kappa shape index (κ2) is 13.8. The minimum absolute atomic E-state index is 0.576. The van der Waals surface area contributed by atoms with Crippen molar-refractivity contribution in [3.63, 3.8) is 0 Å². The number of rotatable bonds is 7. The van der Waals surface area contributed by atoms with Crippen molar-refractivity contribution in [1.29, 1.82) is 0 Å². The third kappa shape index (κ3) is 6.36. The predicted octanol–water partition coefficient (Wildman–Crippen LogP) is 13.4. The van der Waals surface area contributed by atoms with Crippen molar-refractivity contribution in [2.45, 2.75) is 0 Å². The van der Waals surface area contributed by atoms with Crippen LogP contribution in [0.15, 0.2) is 205 Å². The maximum atomic E-state index is 6.30. The lowest BCUT2D eigenvalue weighted by molar-refractivity contribution is 0.669. The summed E-state index contributed by atoms with van der Waals surface area (Å²) in [4.78, 5) is 15.5. The van der Waals surface area contributed by atoms with Crippen molar-refractivity contribution in [3.05, 3.63) is 200 Å². The molecule has 0 N–H and O–H groups in total. The second-order valence-electron chi connectivity index (χ2n) is 13.7. The number of para-hydroxylation sites is 1. The normalized spacial score (nSPS) is 11.3. The molecule has 4 heteroatoms. The first kappa shape index (κ1) is 32.2. The van der Waals surface area contributed by atoms with Crippen molar-refractivity contribution in [2.24, 2.45) is 0 Å². The molecule has 55 heavy (non-hydrogen) atoms. The summed E-state index contributed by atoms with van der Waals surface area (Å²) < 4.78 is 6.30. The highest BCUT2D eigenvalue weighted by molar-refractivity contribution is 6.05. The fourth-order valence-electron chi connectivity index (χ4n) is 7.30. The van der Waals surface area contributed by atoms with Crippen molar-refractivity contribution in [3.8, 4) is 78.7 Å². The molecule has 4 nitrogen and oxygen atoms in total. The lowest BCUT2D eigenvalue weighted by Gasteiger charge is -2.13. The number of nitrogens with zero attached hydrogens (tertiary/aromatic N) is 3. The van der Waals surface area contributed by atoms with Crippen molar-refractivity contribution in [2.75, 3.05) is 0 Å². The molecule has 0 aliphatic rings. The Morgan fingerprint density at radius 3 is 1.31 bits per heavy atom. The molecule has 0 aliphatic heterocycles. The Kier molecular flexibility index (Phi) is 8.12. The molecular weight excluding hydrogens is 671 g/mol. The van der Waals surface area contributed by atoms with Gasteiger partial charge in [-0.3, -0.25) is 0 Å². The molecule has 8 aromatic carbocycles. The van der Waals surface area contributed by atoms with Gasteiger partial charge in [-0.05, 0) is 87.0 Å². The van der Waals surface area contributed by atoms with Gasteiger partial charge in [0.15, 0.2) is 17.5 Å². The Bertz CT molecular complexity index is 2950. The van der Waals surface area contributed by atoms with Crippen LogP contribution in [0.3, 0.4) is 0 Å². The smallest absolute Gasteiger partial charge is 0.164 e. The summed E-state index contributed by atoms with van der Waals surface area (Å²) in [5.74, 6) is 1.77. The topological polar surface area (TPSA) is 51.8 Å². The molecule has 258 valence electrons. The molecule has 0 spiro atoms. The minimum atomic E-state index is 0.576. The molecule has 2 aromatic heterocycles. The number of hydrogen-bond donors (Lipinski definition) is 0. The van der Waals surface area contributed by atoms with Gasteiger partial charge in [0.2, 0.25) is 0 Å². The average Bonchev–Trinajstić information content (AvgIpc) is 3.65. The van der Waals surface area contributed by atoms with Gasteiger partial charge in [0, 0.05) is 27.5 Å². The summed E-state index contributed by atoms with van der Waals surface area (Å²) in [6.45, 7) is 0. The highest BCUT2D eigenvalue weighted by atomic mass is 16.3. The predicted molar refractivity (Wildman–Crippen MR) is 225 cm³/mol. The summed E-state index contributed by atoms with van der Waals surface area (Å²) >= 11 is 0. The van der Waals surface area contributed by atoms with E-state index in [9.17, 15) is 0 Å². The van der Waals surface area contributed by atoms with Gasteiger partial charge in [-0.25, -0.2) is 15.0 Å². The number of aromatic nitrogens is 3. The van der Waals surface area contributed by atoms with Crippen LogP contribution in [0, 0.1) is 0 Å². The molecule has 10 aromatic rings. The summed E-state index contributed by atoms with van der Waals surface area (Å²) in [5.41, 5.74) is 13.3. The van der Waals surface area contributed by atoms with Gasteiger partial charge in [-0.1, -0.05) is 158 Å². The quantitative estimate of drug-likeness (QED) is 0.166. The van der Waals surface area contributed by atoms with Crippen LogP contribution < -0.4 is 0 Å². The first-order chi connectivity index (χ1) is 27.2. The first-order valence-corrected chi connectivity index (χ1v) is 18.4. The number of furan rings is 1. The standard InChI is InChI=1S/C51H33N3O/c1-4-13-34(14-5-1)37-23-25-38(26-24-37)49-52-50(41-27-28-46-45-21-10-11-22-47(45)55-48(46)33-41)54-51(53-49)44-31-42(36-17-8-3-9-18-36)30-43(32-44)40-20-12-19-39(29-40)35-15-6-2-7-16-35/h1-33H. The number of benzene rings is 8. The zero-order chi connectivity index (χ0) is 36.6. The van der Waals surface area contributed by atoms with E-state index in [2.05, 4.69) is 158 Å². The van der Waals surface area contributed by atoms with Crippen LogP contribution in [-0.4, -0.2) is 15.0 Å². The molecule has 0 amide bonds. The molecule has 10 rings (SSSR count). The Morgan fingerprint density at radius 1 is 0.236 bits per heavy atom. The highest BCUT2D eigenvalue weighted by Crippen LogP contribution is 2.36. The van der Waals surface area contributed by atoms with E-state index in [0.29, 0.717) is 17.5 Å². The first-order valence-electron chi connectivity index (χ1n) is 18.4. The third-order valence-corrected chi connectivity index (χ3v) is 10.1.